The zero-order valence-electron chi connectivity index (χ0n) is 14.8. The molecule has 1 aliphatic rings. The van der Waals surface area contributed by atoms with E-state index >= 15 is 0 Å². The van der Waals surface area contributed by atoms with Gasteiger partial charge in [-0.3, -0.25) is 0 Å². The number of morpholine rings is 1. The maximum Gasteiger partial charge on any atom is 0.260 e. The van der Waals surface area contributed by atoms with Crippen LogP contribution in [0.5, 0.6) is 0 Å². The van der Waals surface area contributed by atoms with E-state index in [9.17, 15) is 8.42 Å². The molecule has 0 radical (unpaired) electrons. The van der Waals surface area contributed by atoms with Crippen LogP contribution in [0.4, 0.5) is 0 Å². The van der Waals surface area contributed by atoms with Crippen LogP contribution in [-0.2, 0) is 14.8 Å². The van der Waals surface area contributed by atoms with Crippen LogP contribution in [0.3, 0.4) is 0 Å². The van der Waals surface area contributed by atoms with Crippen LogP contribution in [0.15, 0.2) is 15.6 Å². The summed E-state index contributed by atoms with van der Waals surface area (Å²) in [6, 6.07) is 0. The van der Waals surface area contributed by atoms with E-state index in [-0.39, 0.29) is 36.6 Å². The fourth-order valence-electron chi connectivity index (χ4n) is 2.49. The number of hydrogen-bond acceptors (Lipinski definition) is 7. The quantitative estimate of drug-likeness (QED) is 0.854. The summed E-state index contributed by atoms with van der Waals surface area (Å²) in [6.07, 6.45) is 0.787. The van der Waals surface area contributed by atoms with Gasteiger partial charge in [-0.05, 0) is 0 Å². The summed E-state index contributed by atoms with van der Waals surface area (Å²) in [5, 5.41) is 8.06. The molecule has 0 aromatic carbocycles. The van der Waals surface area contributed by atoms with Crippen LogP contribution in [0.2, 0.25) is 0 Å². The van der Waals surface area contributed by atoms with Gasteiger partial charge in [0, 0.05) is 24.9 Å². The normalized spacial score (nSPS) is 19.8. The van der Waals surface area contributed by atoms with E-state index < -0.39 is 16.1 Å². The molecule has 0 saturated carbocycles. The molecule has 2 aromatic rings. The second-order valence-electron chi connectivity index (χ2n) is 6.64. The molecule has 1 N–H and O–H groups in total. The van der Waals surface area contributed by atoms with Gasteiger partial charge >= 0.3 is 0 Å². The first kappa shape index (κ1) is 18.0. The maximum absolute atomic E-state index is 12.8. The Labute approximate surface area is 146 Å². The number of nitrogens with zero attached hydrogens (tertiary/aromatic N) is 4. The zero-order chi connectivity index (χ0) is 18.2. The number of imidazole rings is 1. The van der Waals surface area contributed by atoms with Crippen LogP contribution in [0, 0.1) is 0 Å². The summed E-state index contributed by atoms with van der Waals surface area (Å²) < 4.78 is 38.3. The van der Waals surface area contributed by atoms with Crippen molar-refractivity contribution < 1.29 is 17.6 Å². The second kappa shape index (κ2) is 6.85. The molecule has 0 spiro atoms. The topological polar surface area (TPSA) is 114 Å². The summed E-state index contributed by atoms with van der Waals surface area (Å²) in [7, 11) is -3.68. The van der Waals surface area contributed by atoms with Gasteiger partial charge in [-0.25, -0.2) is 13.4 Å². The van der Waals surface area contributed by atoms with Crippen molar-refractivity contribution >= 4 is 10.0 Å². The summed E-state index contributed by atoms with van der Waals surface area (Å²) in [6.45, 7) is 8.43. The van der Waals surface area contributed by atoms with E-state index in [0.29, 0.717) is 17.6 Å². The van der Waals surface area contributed by atoms with Crippen molar-refractivity contribution in [1.29, 1.82) is 0 Å². The van der Waals surface area contributed by atoms with Crippen LogP contribution >= 0.6 is 0 Å². The molecule has 1 atom stereocenters. The molecule has 0 amide bonds. The van der Waals surface area contributed by atoms with Gasteiger partial charge in [-0.1, -0.05) is 27.7 Å². The maximum atomic E-state index is 12.8. The molecule has 1 saturated heterocycles. The Balaban J connectivity index is 1.79. The van der Waals surface area contributed by atoms with Crippen molar-refractivity contribution in [3.05, 3.63) is 23.8 Å². The van der Waals surface area contributed by atoms with Gasteiger partial charge in [0.15, 0.2) is 5.03 Å². The van der Waals surface area contributed by atoms with Crippen LogP contribution in [0.1, 0.15) is 63.2 Å². The molecule has 138 valence electrons. The predicted octanol–water partition coefficient (Wildman–Crippen LogP) is 1.80. The minimum atomic E-state index is -3.68. The third-order valence-corrected chi connectivity index (χ3v) is 5.77. The molecule has 1 unspecified atom stereocenters. The number of hydrogen-bond donors (Lipinski definition) is 1. The Bertz CT molecular complexity index is 827. The Kier molecular flexibility index (Phi) is 4.94. The van der Waals surface area contributed by atoms with Gasteiger partial charge in [0.05, 0.1) is 12.8 Å². The number of ether oxygens (including phenoxy) is 1. The lowest BCUT2D eigenvalue weighted by Crippen LogP contribution is -2.42. The highest BCUT2D eigenvalue weighted by molar-refractivity contribution is 7.89. The lowest BCUT2D eigenvalue weighted by Gasteiger charge is -2.29. The number of rotatable bonds is 5. The van der Waals surface area contributed by atoms with Crippen molar-refractivity contribution in [3.8, 4) is 0 Å². The predicted molar refractivity (Wildman–Crippen MR) is 88.5 cm³/mol. The molecule has 1 aliphatic heterocycles. The first-order valence-corrected chi connectivity index (χ1v) is 9.73. The highest BCUT2D eigenvalue weighted by Gasteiger charge is 2.35. The summed E-state index contributed by atoms with van der Waals surface area (Å²) in [5.74, 6) is 1.67. The van der Waals surface area contributed by atoms with Crippen molar-refractivity contribution in [2.45, 2.75) is 50.7 Å². The Morgan fingerprint density at radius 3 is 2.60 bits per heavy atom. The van der Waals surface area contributed by atoms with E-state index in [1.807, 2.05) is 27.7 Å². The Morgan fingerprint density at radius 2 is 2.00 bits per heavy atom. The standard InChI is InChI=1S/C15H23N5O4S/c1-9(2)13-16-7-12(17-13)25(21,22)20-5-6-23-11(8-20)15-19-18-14(24-15)10(3)4/h7,9-11H,5-6,8H2,1-4H3,(H,16,17). The van der Waals surface area contributed by atoms with Crippen LogP contribution in [0.25, 0.3) is 0 Å². The van der Waals surface area contributed by atoms with E-state index in [2.05, 4.69) is 20.2 Å². The summed E-state index contributed by atoms with van der Waals surface area (Å²) >= 11 is 0. The number of sulfonamides is 1. The number of aromatic amines is 1. The number of nitrogens with one attached hydrogen (secondary N) is 1. The molecule has 2 aromatic heterocycles. The molecule has 10 heteroatoms. The first-order chi connectivity index (χ1) is 11.8. The Hall–Kier alpha value is -1.78. The summed E-state index contributed by atoms with van der Waals surface area (Å²) in [4.78, 5) is 7.03. The smallest absolute Gasteiger partial charge is 0.260 e. The van der Waals surface area contributed by atoms with Crippen molar-refractivity contribution in [2.24, 2.45) is 0 Å². The molecule has 3 rings (SSSR count). The van der Waals surface area contributed by atoms with Gasteiger partial charge in [0.1, 0.15) is 11.9 Å². The summed E-state index contributed by atoms with van der Waals surface area (Å²) in [5.41, 5.74) is 0. The molecule has 0 bridgehead atoms. The second-order valence-corrected chi connectivity index (χ2v) is 8.55. The van der Waals surface area contributed by atoms with Crippen LogP contribution in [-0.4, -0.2) is 52.6 Å². The lowest BCUT2D eigenvalue weighted by molar-refractivity contribution is -0.0179. The Morgan fingerprint density at radius 1 is 1.24 bits per heavy atom. The highest BCUT2D eigenvalue weighted by atomic mass is 32.2. The molecule has 1 fully saturated rings. The van der Waals surface area contributed by atoms with Crippen molar-refractivity contribution in [3.63, 3.8) is 0 Å². The van der Waals surface area contributed by atoms with E-state index in [4.69, 9.17) is 9.15 Å². The first-order valence-electron chi connectivity index (χ1n) is 8.29. The average molecular weight is 369 g/mol. The monoisotopic (exact) mass is 369 g/mol. The van der Waals surface area contributed by atoms with E-state index in [0.717, 1.165) is 0 Å². The third kappa shape index (κ3) is 3.60. The largest absolute Gasteiger partial charge is 0.422 e. The van der Waals surface area contributed by atoms with Gasteiger partial charge in [-0.15, -0.1) is 10.2 Å². The minimum absolute atomic E-state index is 0.0882. The lowest BCUT2D eigenvalue weighted by atomic mass is 10.2. The van der Waals surface area contributed by atoms with Gasteiger partial charge in [0.25, 0.3) is 10.0 Å². The van der Waals surface area contributed by atoms with Crippen molar-refractivity contribution in [1.82, 2.24) is 24.5 Å². The van der Waals surface area contributed by atoms with E-state index in [1.165, 1.54) is 10.5 Å². The number of aromatic nitrogens is 4. The zero-order valence-corrected chi connectivity index (χ0v) is 15.6. The van der Waals surface area contributed by atoms with Gasteiger partial charge in [0.2, 0.25) is 11.8 Å². The third-order valence-electron chi connectivity index (χ3n) is 3.99. The van der Waals surface area contributed by atoms with Crippen molar-refractivity contribution in [2.75, 3.05) is 19.7 Å². The SMILES string of the molecule is CC(C)c1ncc(S(=O)(=O)N2CCOC(c3nnc(C(C)C)o3)C2)[nH]1. The average Bonchev–Trinajstić information content (AvgIpc) is 3.25. The fourth-order valence-corrected chi connectivity index (χ4v) is 3.83. The van der Waals surface area contributed by atoms with Gasteiger partial charge in [-0.2, -0.15) is 4.31 Å². The fraction of sp³-hybridized carbons (Fsp3) is 0.667. The molecular formula is C15H23N5O4S. The van der Waals surface area contributed by atoms with Crippen LogP contribution < -0.4 is 0 Å². The molecule has 25 heavy (non-hydrogen) atoms. The molecule has 0 aliphatic carbocycles. The minimum Gasteiger partial charge on any atom is -0.422 e. The highest BCUT2D eigenvalue weighted by Crippen LogP contribution is 2.27. The van der Waals surface area contributed by atoms with Gasteiger partial charge < -0.3 is 14.1 Å². The van der Waals surface area contributed by atoms with E-state index in [1.54, 1.807) is 0 Å². The molecule has 3 heterocycles. The number of H-pyrrole nitrogens is 1. The molecular weight excluding hydrogens is 346 g/mol. The molecule has 9 nitrogen and oxygen atoms in total.